The minimum absolute atomic E-state index is 0.139. The van der Waals surface area contributed by atoms with Gasteiger partial charge in [0.05, 0.1) is 5.69 Å². The molecule has 0 atom stereocenters. The van der Waals surface area contributed by atoms with Crippen molar-refractivity contribution >= 4 is 40.9 Å². The number of urea groups is 1. The summed E-state index contributed by atoms with van der Waals surface area (Å²) in [6.45, 7) is 1.86. The lowest BCUT2D eigenvalue weighted by atomic mass is 10.1. The van der Waals surface area contributed by atoms with Crippen molar-refractivity contribution in [1.82, 2.24) is 5.32 Å². The molecule has 1 aromatic carbocycles. The number of carbonyl (C=O) groups excluding carboxylic acids is 3. The van der Waals surface area contributed by atoms with E-state index in [1.165, 1.54) is 29.5 Å². The first-order chi connectivity index (χ1) is 11.0. The zero-order valence-electron chi connectivity index (χ0n) is 12.0. The Kier molecular flexibility index (Phi) is 3.79. The highest BCUT2D eigenvalue weighted by atomic mass is 32.1. The van der Waals surface area contributed by atoms with Crippen LogP contribution in [0.25, 0.3) is 6.08 Å². The van der Waals surface area contributed by atoms with Gasteiger partial charge in [-0.1, -0.05) is 0 Å². The molecule has 1 aliphatic rings. The molecule has 0 radical (unpaired) electrons. The summed E-state index contributed by atoms with van der Waals surface area (Å²) in [6, 6.07) is 5.89. The van der Waals surface area contributed by atoms with E-state index in [2.05, 4.69) is 5.32 Å². The lowest BCUT2D eigenvalue weighted by Gasteiger charge is -2.26. The summed E-state index contributed by atoms with van der Waals surface area (Å²) in [5.41, 5.74) is 0.975. The van der Waals surface area contributed by atoms with Gasteiger partial charge in [0.2, 0.25) is 0 Å². The molecule has 0 aliphatic carbocycles. The first-order valence-corrected chi connectivity index (χ1v) is 7.56. The second-order valence-electron chi connectivity index (χ2n) is 4.90. The van der Waals surface area contributed by atoms with Crippen LogP contribution in [0.2, 0.25) is 0 Å². The van der Waals surface area contributed by atoms with Crippen molar-refractivity contribution < 1.29 is 18.8 Å². The minimum atomic E-state index is -0.855. The molecule has 2 heterocycles. The predicted octanol–water partition coefficient (Wildman–Crippen LogP) is 2.86. The van der Waals surface area contributed by atoms with Crippen molar-refractivity contribution in [2.24, 2.45) is 0 Å². The first kappa shape index (κ1) is 15.1. The van der Waals surface area contributed by atoms with E-state index < -0.39 is 23.7 Å². The minimum Gasteiger partial charge on any atom is -0.273 e. The maximum absolute atomic E-state index is 13.0. The topological polar surface area (TPSA) is 66.5 Å². The van der Waals surface area contributed by atoms with E-state index >= 15 is 0 Å². The molecule has 3 rings (SSSR count). The fourth-order valence-electron chi connectivity index (χ4n) is 2.15. The first-order valence-electron chi connectivity index (χ1n) is 6.68. The fraction of sp³-hybridized carbons (Fsp3) is 0.0625. The average Bonchev–Trinajstić information content (AvgIpc) is 2.90. The number of hydrogen-bond acceptors (Lipinski definition) is 4. The van der Waals surface area contributed by atoms with Gasteiger partial charge in [0.15, 0.2) is 0 Å². The Hall–Kier alpha value is -2.80. The van der Waals surface area contributed by atoms with E-state index in [9.17, 15) is 18.8 Å². The summed E-state index contributed by atoms with van der Waals surface area (Å²) < 4.78 is 13.0. The second-order valence-corrected chi connectivity index (χ2v) is 5.85. The molecular formula is C16H11FN2O3S. The van der Waals surface area contributed by atoms with Crippen LogP contribution in [0.1, 0.15) is 10.4 Å². The second kappa shape index (κ2) is 5.77. The van der Waals surface area contributed by atoms with Crippen LogP contribution in [0.4, 0.5) is 14.9 Å². The molecule has 1 fully saturated rings. The highest BCUT2D eigenvalue weighted by Crippen LogP contribution is 2.24. The number of aryl methyl sites for hydroxylation is 1. The summed E-state index contributed by atoms with van der Waals surface area (Å²) in [7, 11) is 0. The number of nitrogens with zero attached hydrogens (tertiary/aromatic N) is 1. The SMILES string of the molecule is Cc1ccsc1/C=C1\C(=O)NC(=O)N(c2ccc(F)cc2)C1=O. The van der Waals surface area contributed by atoms with Gasteiger partial charge in [0, 0.05) is 4.88 Å². The van der Waals surface area contributed by atoms with Crippen LogP contribution in [0.3, 0.4) is 0 Å². The van der Waals surface area contributed by atoms with Crippen molar-refractivity contribution in [3.05, 3.63) is 57.5 Å². The molecule has 1 aliphatic heterocycles. The van der Waals surface area contributed by atoms with Gasteiger partial charge in [-0.3, -0.25) is 14.9 Å². The number of amides is 4. The number of halogens is 1. The Morgan fingerprint density at radius 2 is 1.83 bits per heavy atom. The van der Waals surface area contributed by atoms with Gasteiger partial charge in [-0.2, -0.15) is 0 Å². The summed E-state index contributed by atoms with van der Waals surface area (Å²) in [5, 5.41) is 3.97. The summed E-state index contributed by atoms with van der Waals surface area (Å²) in [4.78, 5) is 38.1. The molecule has 1 N–H and O–H groups in total. The molecule has 23 heavy (non-hydrogen) atoms. The van der Waals surface area contributed by atoms with Gasteiger partial charge < -0.3 is 0 Å². The predicted molar refractivity (Wildman–Crippen MR) is 84.5 cm³/mol. The lowest BCUT2D eigenvalue weighted by Crippen LogP contribution is -2.54. The highest BCUT2D eigenvalue weighted by molar-refractivity contribution is 7.11. The van der Waals surface area contributed by atoms with Gasteiger partial charge in [-0.05, 0) is 54.3 Å². The fourth-order valence-corrected chi connectivity index (χ4v) is 3.00. The maximum atomic E-state index is 13.0. The largest absolute Gasteiger partial charge is 0.335 e. The Morgan fingerprint density at radius 1 is 1.13 bits per heavy atom. The quantitative estimate of drug-likeness (QED) is 0.680. The third-order valence-corrected chi connectivity index (χ3v) is 4.33. The molecule has 0 bridgehead atoms. The third-order valence-electron chi connectivity index (χ3n) is 3.36. The number of thiophene rings is 1. The molecule has 0 unspecified atom stereocenters. The molecule has 4 amide bonds. The number of rotatable bonds is 2. The number of hydrogen-bond donors (Lipinski definition) is 1. The van der Waals surface area contributed by atoms with Crippen LogP contribution in [0.5, 0.6) is 0 Å². The maximum Gasteiger partial charge on any atom is 0.335 e. The van der Waals surface area contributed by atoms with Gasteiger partial charge >= 0.3 is 6.03 Å². The van der Waals surface area contributed by atoms with E-state index in [4.69, 9.17) is 0 Å². The molecular weight excluding hydrogens is 319 g/mol. The van der Waals surface area contributed by atoms with Crippen molar-refractivity contribution in [3.8, 4) is 0 Å². The molecule has 116 valence electrons. The lowest BCUT2D eigenvalue weighted by molar-refractivity contribution is -0.122. The number of imide groups is 2. The van der Waals surface area contributed by atoms with Crippen molar-refractivity contribution in [2.45, 2.75) is 6.92 Å². The third kappa shape index (κ3) is 2.78. The van der Waals surface area contributed by atoms with Crippen molar-refractivity contribution in [1.29, 1.82) is 0 Å². The normalized spacial score (nSPS) is 16.9. The number of anilines is 1. The smallest absolute Gasteiger partial charge is 0.273 e. The van der Waals surface area contributed by atoms with Gasteiger partial charge in [-0.15, -0.1) is 11.3 Å². The number of benzene rings is 1. The Bertz CT molecular complexity index is 839. The Labute approximate surface area is 135 Å². The molecule has 1 saturated heterocycles. The number of barbiturate groups is 1. The van der Waals surface area contributed by atoms with E-state index in [1.54, 1.807) is 0 Å². The number of carbonyl (C=O) groups is 3. The standard InChI is InChI=1S/C16H11FN2O3S/c1-9-6-7-23-13(9)8-12-14(20)18-16(22)19(15(12)21)11-4-2-10(17)3-5-11/h2-8H,1H3,(H,18,20,22)/b12-8+. The van der Waals surface area contributed by atoms with Crippen LogP contribution in [-0.4, -0.2) is 17.8 Å². The van der Waals surface area contributed by atoms with E-state index in [1.807, 2.05) is 18.4 Å². The van der Waals surface area contributed by atoms with Crippen LogP contribution in [0.15, 0.2) is 41.3 Å². The van der Waals surface area contributed by atoms with Crippen molar-refractivity contribution in [3.63, 3.8) is 0 Å². The van der Waals surface area contributed by atoms with Crippen LogP contribution < -0.4 is 10.2 Å². The molecule has 0 saturated carbocycles. The monoisotopic (exact) mass is 330 g/mol. The number of nitrogens with one attached hydrogen (secondary N) is 1. The van der Waals surface area contributed by atoms with Crippen molar-refractivity contribution in [2.75, 3.05) is 4.90 Å². The summed E-state index contributed by atoms with van der Waals surface area (Å²) in [6.07, 6.45) is 1.46. The van der Waals surface area contributed by atoms with Gasteiger partial charge in [-0.25, -0.2) is 14.1 Å². The van der Waals surface area contributed by atoms with E-state index in [-0.39, 0.29) is 11.3 Å². The average molecular weight is 330 g/mol. The van der Waals surface area contributed by atoms with E-state index in [0.29, 0.717) is 0 Å². The van der Waals surface area contributed by atoms with Gasteiger partial charge in [0.1, 0.15) is 11.4 Å². The Morgan fingerprint density at radius 3 is 2.43 bits per heavy atom. The summed E-state index contributed by atoms with van der Waals surface area (Å²) >= 11 is 1.39. The van der Waals surface area contributed by atoms with Gasteiger partial charge in [0.25, 0.3) is 11.8 Å². The van der Waals surface area contributed by atoms with Crippen LogP contribution >= 0.6 is 11.3 Å². The summed E-state index contributed by atoms with van der Waals surface area (Å²) in [5.74, 6) is -1.97. The Balaban J connectivity index is 2.02. The van der Waals surface area contributed by atoms with Crippen LogP contribution in [-0.2, 0) is 9.59 Å². The zero-order chi connectivity index (χ0) is 16.6. The molecule has 1 aromatic heterocycles. The molecule has 5 nitrogen and oxygen atoms in total. The zero-order valence-corrected chi connectivity index (χ0v) is 12.8. The molecule has 7 heteroatoms. The molecule has 0 spiro atoms. The van der Waals surface area contributed by atoms with Crippen LogP contribution in [0, 0.1) is 12.7 Å². The molecule has 2 aromatic rings. The van der Waals surface area contributed by atoms with E-state index in [0.717, 1.165) is 27.5 Å². The highest BCUT2D eigenvalue weighted by Gasteiger charge is 2.36.